The monoisotopic (exact) mass is 634 g/mol. The van der Waals surface area contributed by atoms with Crippen LogP contribution in [0.2, 0.25) is 0 Å². The summed E-state index contributed by atoms with van der Waals surface area (Å²) in [6.45, 7) is 4.67. The van der Waals surface area contributed by atoms with Crippen molar-refractivity contribution in [2.45, 2.75) is 64.5 Å². The van der Waals surface area contributed by atoms with Crippen molar-refractivity contribution in [3.8, 4) is 0 Å². The zero-order valence-corrected chi connectivity index (χ0v) is 24.1. The highest BCUT2D eigenvalue weighted by atomic mass is 19.4. The Morgan fingerprint density at radius 3 is 1.79 bits per heavy atom. The molecule has 1 heterocycles. The zero-order chi connectivity index (χ0) is 32.4. The molecule has 0 aromatic heterocycles. The van der Waals surface area contributed by atoms with Crippen molar-refractivity contribution >= 4 is 29.8 Å². The third-order valence-corrected chi connectivity index (χ3v) is 5.07. The highest BCUT2D eigenvalue weighted by molar-refractivity contribution is 5.75. The van der Waals surface area contributed by atoms with Gasteiger partial charge in [-0.2, -0.15) is 18.7 Å². The van der Waals surface area contributed by atoms with E-state index in [1.807, 2.05) is 5.48 Å². The van der Waals surface area contributed by atoms with Crippen LogP contribution in [0.4, 0.5) is 13.2 Å². The average molecular weight is 635 g/mol. The molecule has 19 heteroatoms. The lowest BCUT2D eigenvalue weighted by Gasteiger charge is -2.44. The number of alkyl halides is 3. The van der Waals surface area contributed by atoms with Crippen molar-refractivity contribution in [1.82, 2.24) is 10.8 Å². The molecular weight excluding hydrogens is 597 g/mol. The number of hydrogen-bond acceptors (Lipinski definition) is 15. The van der Waals surface area contributed by atoms with Gasteiger partial charge in [0, 0.05) is 27.7 Å². The van der Waals surface area contributed by atoms with E-state index in [4.69, 9.17) is 37.9 Å². The molecule has 1 fully saturated rings. The number of halogens is 3. The molecule has 1 amide bonds. The van der Waals surface area contributed by atoms with Gasteiger partial charge in [-0.15, -0.1) is 0 Å². The molecule has 0 spiro atoms. The summed E-state index contributed by atoms with van der Waals surface area (Å²) in [6.07, 6.45) is -9.89. The number of hydrogen-bond donors (Lipinski definition) is 2. The summed E-state index contributed by atoms with van der Waals surface area (Å²) in [6, 6.07) is -1.10. The summed E-state index contributed by atoms with van der Waals surface area (Å²) in [7, 11) is 0. The van der Waals surface area contributed by atoms with E-state index in [1.165, 1.54) is 13.8 Å². The molecule has 5 atom stereocenters. The fourth-order valence-electron chi connectivity index (χ4n) is 3.49. The molecule has 5 unspecified atom stereocenters. The van der Waals surface area contributed by atoms with Gasteiger partial charge in [0.25, 0.3) is 0 Å². The topological polar surface area (TPSA) is 192 Å². The summed E-state index contributed by atoms with van der Waals surface area (Å²) in [5.41, 5.74) is 1.83. The van der Waals surface area contributed by atoms with Gasteiger partial charge in [-0.25, -0.2) is 4.79 Å². The maximum absolute atomic E-state index is 12.0. The van der Waals surface area contributed by atoms with Gasteiger partial charge in [0.2, 0.25) is 5.91 Å². The SMILES string of the molecule is CC(=O)NC1C(OCCOCCOCCOCCNOC(=O)C(F)(F)F)OC(COC(C)=O)C(OC(C)=O)C1OC(C)=O. The molecule has 43 heavy (non-hydrogen) atoms. The highest BCUT2D eigenvalue weighted by Gasteiger charge is 2.51. The number of hydroxylamine groups is 1. The van der Waals surface area contributed by atoms with Crippen molar-refractivity contribution in [3.05, 3.63) is 0 Å². The third-order valence-electron chi connectivity index (χ3n) is 5.07. The second-order valence-corrected chi connectivity index (χ2v) is 8.71. The molecular formula is C24H37F3N2O14. The number of carbonyl (C=O) groups is 5. The van der Waals surface area contributed by atoms with E-state index in [0.717, 1.165) is 13.8 Å². The van der Waals surface area contributed by atoms with Crippen molar-refractivity contribution in [2.75, 3.05) is 59.4 Å². The van der Waals surface area contributed by atoms with E-state index in [9.17, 15) is 37.1 Å². The molecule has 2 N–H and O–H groups in total. The van der Waals surface area contributed by atoms with Gasteiger partial charge in [0.15, 0.2) is 18.5 Å². The van der Waals surface area contributed by atoms with Gasteiger partial charge in [0.05, 0.1) is 52.8 Å². The first kappa shape index (κ1) is 37.9. The van der Waals surface area contributed by atoms with Crippen LogP contribution in [0.5, 0.6) is 0 Å². The molecule has 1 aliphatic heterocycles. The van der Waals surface area contributed by atoms with Crippen molar-refractivity contribution in [2.24, 2.45) is 0 Å². The first-order chi connectivity index (χ1) is 20.2. The molecule has 0 radical (unpaired) electrons. The van der Waals surface area contributed by atoms with Gasteiger partial charge in [-0.1, -0.05) is 0 Å². The van der Waals surface area contributed by atoms with Crippen LogP contribution in [-0.4, -0.2) is 126 Å². The van der Waals surface area contributed by atoms with Crippen LogP contribution in [0.15, 0.2) is 0 Å². The molecule has 0 aromatic carbocycles. The highest BCUT2D eigenvalue weighted by Crippen LogP contribution is 2.28. The zero-order valence-electron chi connectivity index (χ0n) is 24.1. The minimum absolute atomic E-state index is 0.0350. The molecule has 1 saturated heterocycles. The Kier molecular flexibility index (Phi) is 17.6. The fourth-order valence-corrected chi connectivity index (χ4v) is 3.49. The van der Waals surface area contributed by atoms with Crippen LogP contribution < -0.4 is 10.8 Å². The number of ether oxygens (including phenoxy) is 8. The number of carbonyl (C=O) groups excluding carboxylic acids is 5. The molecule has 1 aliphatic rings. The minimum Gasteiger partial charge on any atom is -0.463 e. The number of nitrogens with one attached hydrogen (secondary N) is 2. The Labute approximate surface area is 245 Å². The first-order valence-corrected chi connectivity index (χ1v) is 13.0. The van der Waals surface area contributed by atoms with Crippen molar-refractivity contribution < 1.29 is 79.9 Å². The fraction of sp³-hybridized carbons (Fsp3) is 0.792. The van der Waals surface area contributed by atoms with E-state index in [0.29, 0.717) is 0 Å². The quantitative estimate of drug-likeness (QED) is 0.0785. The number of rotatable bonds is 19. The summed E-state index contributed by atoms with van der Waals surface area (Å²) in [4.78, 5) is 61.2. The van der Waals surface area contributed by atoms with E-state index >= 15 is 0 Å². The smallest absolute Gasteiger partial charge is 0.463 e. The Balaban J connectivity index is 2.48. The van der Waals surface area contributed by atoms with Crippen LogP contribution in [0.3, 0.4) is 0 Å². The summed E-state index contributed by atoms with van der Waals surface area (Å²) < 4.78 is 78.9. The van der Waals surface area contributed by atoms with Crippen molar-refractivity contribution in [1.29, 1.82) is 0 Å². The van der Waals surface area contributed by atoms with E-state index in [1.54, 1.807) is 0 Å². The van der Waals surface area contributed by atoms with Gasteiger partial charge in [-0.3, -0.25) is 19.2 Å². The second kappa shape index (κ2) is 20.0. The Morgan fingerprint density at radius 2 is 1.28 bits per heavy atom. The lowest BCUT2D eigenvalue weighted by Crippen LogP contribution is -2.66. The second-order valence-electron chi connectivity index (χ2n) is 8.71. The number of amides is 1. The van der Waals surface area contributed by atoms with Crippen LogP contribution in [-0.2, 0) is 66.7 Å². The molecule has 16 nitrogen and oxygen atoms in total. The van der Waals surface area contributed by atoms with Gasteiger partial charge in [-0.05, 0) is 0 Å². The lowest BCUT2D eigenvalue weighted by molar-refractivity contribution is -0.279. The van der Waals surface area contributed by atoms with Gasteiger partial charge >= 0.3 is 30.1 Å². The summed E-state index contributed by atoms with van der Waals surface area (Å²) >= 11 is 0. The van der Waals surface area contributed by atoms with Crippen LogP contribution >= 0.6 is 0 Å². The molecule has 248 valence electrons. The predicted molar refractivity (Wildman–Crippen MR) is 133 cm³/mol. The normalized spacial score (nSPS) is 21.9. The largest absolute Gasteiger partial charge is 0.492 e. The summed E-state index contributed by atoms with van der Waals surface area (Å²) in [5.74, 6) is -4.98. The number of esters is 3. The molecule has 1 rings (SSSR count). The van der Waals surface area contributed by atoms with Crippen LogP contribution in [0.1, 0.15) is 27.7 Å². The maximum atomic E-state index is 12.0. The van der Waals surface area contributed by atoms with E-state index < -0.39 is 66.6 Å². The average Bonchev–Trinajstić information content (AvgIpc) is 2.89. The standard InChI is InChI=1S/C24H37F3N2O14/c1-14(30)29-19-21(41-17(4)33)20(40-16(3)32)18(13-39-15(2)31)42-22(19)38-12-11-37-10-9-36-8-7-35-6-5-28-43-23(34)24(25,26)27/h18-22,28H,5-13H2,1-4H3,(H,29,30). The molecule has 0 aromatic rings. The Morgan fingerprint density at radius 1 is 0.744 bits per heavy atom. The Hall–Kier alpha value is -3.10. The third kappa shape index (κ3) is 16.4. The Bertz CT molecular complexity index is 907. The van der Waals surface area contributed by atoms with Crippen LogP contribution in [0.25, 0.3) is 0 Å². The predicted octanol–water partition coefficient (Wildman–Crippen LogP) is -0.681. The maximum Gasteiger partial charge on any atom is 0.492 e. The van der Waals surface area contributed by atoms with Gasteiger partial charge < -0.3 is 48.0 Å². The molecule has 0 saturated carbocycles. The van der Waals surface area contributed by atoms with Crippen molar-refractivity contribution in [3.63, 3.8) is 0 Å². The van der Waals surface area contributed by atoms with Crippen LogP contribution in [0, 0.1) is 0 Å². The first-order valence-electron chi connectivity index (χ1n) is 13.0. The molecule has 0 bridgehead atoms. The van der Waals surface area contributed by atoms with Gasteiger partial charge in [0.1, 0.15) is 18.8 Å². The minimum atomic E-state index is -5.09. The molecule has 0 aliphatic carbocycles. The summed E-state index contributed by atoms with van der Waals surface area (Å²) in [5, 5.41) is 2.57. The lowest BCUT2D eigenvalue weighted by atomic mass is 9.96. The van der Waals surface area contributed by atoms with E-state index in [-0.39, 0.29) is 59.4 Å². The van der Waals surface area contributed by atoms with E-state index in [2.05, 4.69) is 10.2 Å².